The second-order valence-corrected chi connectivity index (χ2v) is 4.90. The van der Waals surface area contributed by atoms with Gasteiger partial charge in [-0.15, -0.1) is 0 Å². The highest BCUT2D eigenvalue weighted by Crippen LogP contribution is 2.25. The van der Waals surface area contributed by atoms with Crippen LogP contribution in [0.5, 0.6) is 5.75 Å². The van der Waals surface area contributed by atoms with Crippen molar-refractivity contribution in [2.75, 3.05) is 19.8 Å². The third kappa shape index (κ3) is 3.87. The summed E-state index contributed by atoms with van der Waals surface area (Å²) in [6.45, 7) is 5.39. The first-order valence-electron chi connectivity index (χ1n) is 6.53. The largest absolute Gasteiger partial charge is 0.490 e. The number of rotatable bonds is 5. The molecule has 1 N–H and O–H groups in total. The lowest BCUT2D eigenvalue weighted by Crippen LogP contribution is -2.26. The van der Waals surface area contributed by atoms with Crippen molar-refractivity contribution in [2.24, 2.45) is 0 Å². The van der Waals surface area contributed by atoms with E-state index < -0.39 is 0 Å². The Labute approximate surface area is 113 Å². The van der Waals surface area contributed by atoms with E-state index in [0.29, 0.717) is 0 Å². The molecule has 0 aromatic heterocycles. The lowest BCUT2D eigenvalue weighted by molar-refractivity contribution is 0.0251. The Morgan fingerprint density at radius 1 is 1.39 bits per heavy atom. The van der Waals surface area contributed by atoms with Crippen LogP contribution in [-0.2, 0) is 11.3 Å². The Morgan fingerprint density at radius 3 is 2.89 bits per heavy atom. The Bertz CT molecular complexity index is 378. The zero-order chi connectivity index (χ0) is 12.8. The van der Waals surface area contributed by atoms with E-state index in [9.17, 15) is 0 Å². The maximum absolute atomic E-state index is 6.06. The monoisotopic (exact) mass is 269 g/mol. The highest BCUT2D eigenvalue weighted by Gasteiger charge is 2.16. The summed E-state index contributed by atoms with van der Waals surface area (Å²) in [4.78, 5) is 0. The van der Waals surface area contributed by atoms with Gasteiger partial charge in [-0.25, -0.2) is 0 Å². The molecule has 0 spiro atoms. The van der Waals surface area contributed by atoms with Crippen LogP contribution in [0.3, 0.4) is 0 Å². The maximum atomic E-state index is 6.06. The standard InChI is InChI=1S/C14H20ClNO2/c1-2-16-10-11-9-12(15)3-4-14(11)18-13-5-7-17-8-6-13/h3-4,9,13,16H,2,5-8,10H2,1H3. The molecule has 0 atom stereocenters. The van der Waals surface area contributed by atoms with Gasteiger partial charge in [-0.2, -0.15) is 0 Å². The Morgan fingerprint density at radius 2 is 2.17 bits per heavy atom. The van der Waals surface area contributed by atoms with E-state index >= 15 is 0 Å². The lowest BCUT2D eigenvalue weighted by atomic mass is 10.1. The maximum Gasteiger partial charge on any atom is 0.124 e. The zero-order valence-electron chi connectivity index (χ0n) is 10.7. The van der Waals surface area contributed by atoms with Crippen molar-refractivity contribution in [2.45, 2.75) is 32.4 Å². The van der Waals surface area contributed by atoms with Gasteiger partial charge in [-0.3, -0.25) is 0 Å². The van der Waals surface area contributed by atoms with Crippen LogP contribution in [0, 0.1) is 0 Å². The third-order valence-electron chi connectivity index (χ3n) is 3.05. The van der Waals surface area contributed by atoms with Crippen LogP contribution in [0.25, 0.3) is 0 Å². The van der Waals surface area contributed by atoms with Gasteiger partial charge < -0.3 is 14.8 Å². The van der Waals surface area contributed by atoms with Crippen LogP contribution in [-0.4, -0.2) is 25.9 Å². The van der Waals surface area contributed by atoms with Gasteiger partial charge in [0.1, 0.15) is 11.9 Å². The molecule has 0 bridgehead atoms. The van der Waals surface area contributed by atoms with E-state index in [1.54, 1.807) is 0 Å². The molecule has 1 aliphatic rings. The number of benzene rings is 1. The van der Waals surface area contributed by atoms with Gasteiger partial charge in [0, 0.05) is 30.0 Å². The Balaban J connectivity index is 2.04. The van der Waals surface area contributed by atoms with Crippen LogP contribution in [0.1, 0.15) is 25.3 Å². The highest BCUT2D eigenvalue weighted by atomic mass is 35.5. The van der Waals surface area contributed by atoms with Crippen molar-refractivity contribution >= 4 is 11.6 Å². The summed E-state index contributed by atoms with van der Waals surface area (Å²) in [5.74, 6) is 0.937. The van der Waals surface area contributed by atoms with Gasteiger partial charge in [0.15, 0.2) is 0 Å². The number of hydrogen-bond acceptors (Lipinski definition) is 3. The predicted molar refractivity (Wildman–Crippen MR) is 73.3 cm³/mol. The molecule has 0 radical (unpaired) electrons. The molecular formula is C14H20ClNO2. The van der Waals surface area contributed by atoms with Crippen LogP contribution in [0.2, 0.25) is 5.02 Å². The molecule has 0 aliphatic carbocycles. The minimum atomic E-state index is 0.264. The summed E-state index contributed by atoms with van der Waals surface area (Å²) in [5.41, 5.74) is 1.12. The van der Waals surface area contributed by atoms with Gasteiger partial charge in [-0.1, -0.05) is 18.5 Å². The molecule has 0 unspecified atom stereocenters. The first kappa shape index (κ1) is 13.7. The van der Waals surface area contributed by atoms with E-state index in [1.165, 1.54) is 0 Å². The van der Waals surface area contributed by atoms with Crippen molar-refractivity contribution < 1.29 is 9.47 Å². The van der Waals surface area contributed by atoms with Crippen LogP contribution >= 0.6 is 11.6 Å². The van der Waals surface area contributed by atoms with E-state index in [4.69, 9.17) is 21.1 Å². The summed E-state index contributed by atoms with van der Waals surface area (Å²) in [6, 6.07) is 5.81. The van der Waals surface area contributed by atoms with Crippen LogP contribution in [0.4, 0.5) is 0 Å². The Hall–Kier alpha value is -0.770. The number of nitrogens with one attached hydrogen (secondary N) is 1. The van der Waals surface area contributed by atoms with Gasteiger partial charge in [0.25, 0.3) is 0 Å². The van der Waals surface area contributed by atoms with Crippen molar-refractivity contribution in [3.63, 3.8) is 0 Å². The van der Waals surface area contributed by atoms with Gasteiger partial charge >= 0.3 is 0 Å². The summed E-state index contributed by atoms with van der Waals surface area (Å²) < 4.78 is 11.4. The summed E-state index contributed by atoms with van der Waals surface area (Å²) in [5, 5.41) is 4.06. The molecule has 100 valence electrons. The molecule has 1 aromatic rings. The third-order valence-corrected chi connectivity index (χ3v) is 3.29. The highest BCUT2D eigenvalue weighted by molar-refractivity contribution is 6.30. The van der Waals surface area contributed by atoms with Crippen LogP contribution < -0.4 is 10.1 Å². The molecule has 4 heteroatoms. The SMILES string of the molecule is CCNCc1cc(Cl)ccc1OC1CCOCC1. The first-order chi connectivity index (χ1) is 8.79. The van der Waals surface area contributed by atoms with Crippen molar-refractivity contribution in [1.29, 1.82) is 0 Å². The molecule has 18 heavy (non-hydrogen) atoms. The molecule has 0 saturated carbocycles. The topological polar surface area (TPSA) is 30.5 Å². The molecule has 1 aliphatic heterocycles. The van der Waals surface area contributed by atoms with Gasteiger partial charge in [-0.05, 0) is 24.7 Å². The second kappa shape index (κ2) is 6.98. The molecule has 1 aromatic carbocycles. The number of ether oxygens (including phenoxy) is 2. The van der Waals surface area contributed by atoms with Gasteiger partial charge in [0.05, 0.1) is 13.2 Å². The van der Waals surface area contributed by atoms with Crippen molar-refractivity contribution in [3.8, 4) is 5.75 Å². The minimum Gasteiger partial charge on any atom is -0.490 e. The summed E-state index contributed by atoms with van der Waals surface area (Å²) in [7, 11) is 0. The summed E-state index contributed by atoms with van der Waals surface area (Å²) in [6.07, 6.45) is 2.19. The molecule has 1 heterocycles. The molecule has 3 nitrogen and oxygen atoms in total. The quantitative estimate of drug-likeness (QED) is 0.891. The molecule has 0 amide bonds. The molecule has 2 rings (SSSR count). The fourth-order valence-electron chi connectivity index (χ4n) is 2.03. The van der Waals surface area contributed by atoms with E-state index in [1.807, 2.05) is 18.2 Å². The fourth-order valence-corrected chi connectivity index (χ4v) is 2.23. The zero-order valence-corrected chi connectivity index (χ0v) is 11.5. The molecule has 1 saturated heterocycles. The van der Waals surface area contributed by atoms with E-state index in [-0.39, 0.29) is 6.10 Å². The van der Waals surface area contributed by atoms with Crippen molar-refractivity contribution in [1.82, 2.24) is 5.32 Å². The van der Waals surface area contributed by atoms with E-state index in [2.05, 4.69) is 12.2 Å². The smallest absolute Gasteiger partial charge is 0.124 e. The van der Waals surface area contributed by atoms with Gasteiger partial charge in [0.2, 0.25) is 0 Å². The van der Waals surface area contributed by atoms with E-state index in [0.717, 1.165) is 55.5 Å². The Kier molecular flexibility index (Phi) is 5.29. The molecule has 1 fully saturated rings. The average Bonchev–Trinajstić information content (AvgIpc) is 2.40. The molecular weight excluding hydrogens is 250 g/mol. The van der Waals surface area contributed by atoms with Crippen LogP contribution in [0.15, 0.2) is 18.2 Å². The van der Waals surface area contributed by atoms with Crippen molar-refractivity contribution in [3.05, 3.63) is 28.8 Å². The number of halogens is 1. The summed E-state index contributed by atoms with van der Waals surface area (Å²) >= 11 is 6.04. The second-order valence-electron chi connectivity index (χ2n) is 4.46. The lowest BCUT2D eigenvalue weighted by Gasteiger charge is -2.24. The minimum absolute atomic E-state index is 0.264. The normalized spacial score (nSPS) is 16.8. The predicted octanol–water partition coefficient (Wildman–Crippen LogP) is 3.01. The fraction of sp³-hybridized carbons (Fsp3) is 0.571. The number of hydrogen-bond donors (Lipinski definition) is 1. The average molecular weight is 270 g/mol. The first-order valence-corrected chi connectivity index (χ1v) is 6.91.